The smallest absolute Gasteiger partial charge is 0.163 e. The van der Waals surface area contributed by atoms with E-state index in [1.807, 2.05) is 41.8 Å². The van der Waals surface area contributed by atoms with Crippen LogP contribution in [-0.4, -0.2) is 37.1 Å². The van der Waals surface area contributed by atoms with Gasteiger partial charge in [0.1, 0.15) is 18.0 Å². The lowest BCUT2D eigenvalue weighted by Gasteiger charge is -2.14. The highest BCUT2D eigenvalue weighted by Gasteiger charge is 2.43. The number of rotatable bonds is 7. The fraction of sp³-hybridized carbons (Fsp3) is 0.250. The molecule has 3 heterocycles. The minimum absolute atomic E-state index is 0.0798. The number of hydrogen-bond acceptors (Lipinski definition) is 8. The Morgan fingerprint density at radius 3 is 2.73 bits per heavy atom. The van der Waals surface area contributed by atoms with Crippen LogP contribution in [0.5, 0.6) is 0 Å². The summed E-state index contributed by atoms with van der Waals surface area (Å²) in [7, 11) is 0. The molecule has 9 nitrogen and oxygen atoms in total. The lowest BCUT2D eigenvalue weighted by atomic mass is 10.1. The number of benzene rings is 1. The summed E-state index contributed by atoms with van der Waals surface area (Å²) < 4.78 is 1.87. The van der Waals surface area contributed by atoms with E-state index >= 15 is 0 Å². The quantitative estimate of drug-likeness (QED) is 0.412. The molecule has 3 aromatic heterocycles. The molecule has 0 atom stereocenters. The normalized spacial score (nSPS) is 14.0. The van der Waals surface area contributed by atoms with Crippen LogP contribution in [0.4, 0.5) is 17.3 Å². The Balaban J connectivity index is 1.44. The van der Waals surface area contributed by atoms with Gasteiger partial charge in [0.05, 0.1) is 33.8 Å². The van der Waals surface area contributed by atoms with Gasteiger partial charge < -0.3 is 10.6 Å². The number of carbonyl (C=O) groups excluding carboxylic acids is 1. The Kier molecular flexibility index (Phi) is 4.98. The van der Waals surface area contributed by atoms with Gasteiger partial charge in [0.25, 0.3) is 0 Å². The Morgan fingerprint density at radius 1 is 1.18 bits per heavy atom. The fourth-order valence-electron chi connectivity index (χ4n) is 3.62. The second-order valence-corrected chi connectivity index (χ2v) is 8.37. The third-order valence-corrected chi connectivity index (χ3v) is 5.81. The van der Waals surface area contributed by atoms with Gasteiger partial charge in [0.2, 0.25) is 0 Å². The molecule has 1 saturated carbocycles. The van der Waals surface area contributed by atoms with Gasteiger partial charge >= 0.3 is 0 Å². The van der Waals surface area contributed by atoms with Crippen molar-refractivity contribution < 1.29 is 4.79 Å². The molecular formula is C24H22N8O. The summed E-state index contributed by atoms with van der Waals surface area (Å²) in [4.78, 5) is 21.3. The number of pyridine rings is 1. The predicted octanol–water partition coefficient (Wildman–Crippen LogP) is 4.18. The number of fused-ring (bicyclic) bond motifs is 1. The second kappa shape index (κ2) is 7.98. The van der Waals surface area contributed by atoms with E-state index in [-0.39, 0.29) is 11.2 Å². The lowest BCUT2D eigenvalue weighted by molar-refractivity contribution is 0.101. The summed E-state index contributed by atoms with van der Waals surface area (Å²) in [5.41, 5.74) is 3.51. The molecule has 4 aromatic rings. The number of ketones is 1. The van der Waals surface area contributed by atoms with Crippen molar-refractivity contribution in [2.24, 2.45) is 5.41 Å². The third kappa shape index (κ3) is 4.11. The largest absolute Gasteiger partial charge is 0.368 e. The zero-order valence-electron chi connectivity index (χ0n) is 18.3. The molecule has 33 heavy (non-hydrogen) atoms. The first-order valence-corrected chi connectivity index (χ1v) is 10.7. The number of nitriles is 1. The Hall–Kier alpha value is -4.32. The van der Waals surface area contributed by atoms with Gasteiger partial charge in [-0.3, -0.25) is 9.36 Å². The van der Waals surface area contributed by atoms with Crippen molar-refractivity contribution in [1.82, 2.24) is 24.7 Å². The van der Waals surface area contributed by atoms with Crippen LogP contribution in [0.15, 0.2) is 48.8 Å². The van der Waals surface area contributed by atoms with Gasteiger partial charge in [-0.1, -0.05) is 0 Å². The van der Waals surface area contributed by atoms with Gasteiger partial charge in [0, 0.05) is 12.2 Å². The standard InChI is InChI=1S/C24H22N8O/c1-15-3-7-21(31-30-15)28-17-4-6-20-19(11-17)27-14-32(20)22-8-5-18(16(2)33)23(29-22)26-13-24(12-25)9-10-24/h3-8,11,14H,9-10,13H2,1-2H3,(H,26,29)(H,28,31). The van der Waals surface area contributed by atoms with E-state index in [0.29, 0.717) is 29.6 Å². The zero-order valence-corrected chi connectivity index (χ0v) is 18.3. The lowest BCUT2D eigenvalue weighted by Crippen LogP contribution is -2.17. The highest BCUT2D eigenvalue weighted by atomic mass is 16.1. The summed E-state index contributed by atoms with van der Waals surface area (Å²) in [6, 6.07) is 15.5. The molecule has 1 aliphatic rings. The van der Waals surface area contributed by atoms with Crippen molar-refractivity contribution in [2.75, 3.05) is 17.2 Å². The van der Waals surface area contributed by atoms with E-state index in [2.05, 4.69) is 31.9 Å². The van der Waals surface area contributed by atoms with Crippen LogP contribution in [0.1, 0.15) is 35.8 Å². The molecule has 0 unspecified atom stereocenters. The maximum Gasteiger partial charge on any atom is 0.163 e. The number of carbonyl (C=O) groups is 1. The molecule has 0 amide bonds. The minimum atomic E-state index is -0.349. The highest BCUT2D eigenvalue weighted by Crippen LogP contribution is 2.44. The van der Waals surface area contributed by atoms with Gasteiger partial charge in [-0.15, -0.1) is 5.10 Å². The average molecular weight is 438 g/mol. The topological polar surface area (TPSA) is 121 Å². The van der Waals surface area contributed by atoms with E-state index in [4.69, 9.17) is 4.98 Å². The maximum atomic E-state index is 12.1. The predicted molar refractivity (Wildman–Crippen MR) is 125 cm³/mol. The van der Waals surface area contributed by atoms with Gasteiger partial charge in [-0.05, 0) is 69.2 Å². The van der Waals surface area contributed by atoms with Crippen molar-refractivity contribution in [3.63, 3.8) is 0 Å². The second-order valence-electron chi connectivity index (χ2n) is 8.37. The maximum absolute atomic E-state index is 12.1. The summed E-state index contributed by atoms with van der Waals surface area (Å²) in [6.07, 6.45) is 3.43. The molecular weight excluding hydrogens is 416 g/mol. The molecule has 2 N–H and O–H groups in total. The molecule has 0 aliphatic heterocycles. The summed E-state index contributed by atoms with van der Waals surface area (Å²) in [5, 5.41) is 24.0. The van der Waals surface area contributed by atoms with E-state index < -0.39 is 0 Å². The summed E-state index contributed by atoms with van der Waals surface area (Å²) in [5.74, 6) is 1.70. The first-order valence-electron chi connectivity index (χ1n) is 10.7. The number of aromatic nitrogens is 5. The zero-order chi connectivity index (χ0) is 23.0. The number of Topliss-reactive ketones (excluding diaryl/α,β-unsaturated/α-hetero) is 1. The van der Waals surface area contributed by atoms with Crippen molar-refractivity contribution in [2.45, 2.75) is 26.7 Å². The van der Waals surface area contributed by atoms with E-state index in [1.165, 1.54) is 6.92 Å². The number of hydrogen-bond donors (Lipinski definition) is 2. The van der Waals surface area contributed by atoms with Crippen LogP contribution in [0.25, 0.3) is 16.9 Å². The number of nitrogens with zero attached hydrogens (tertiary/aromatic N) is 6. The molecule has 9 heteroatoms. The van der Waals surface area contributed by atoms with E-state index in [0.717, 1.165) is 35.3 Å². The Bertz CT molecular complexity index is 1400. The number of anilines is 3. The molecule has 0 saturated heterocycles. The van der Waals surface area contributed by atoms with Crippen LogP contribution in [0, 0.1) is 23.7 Å². The van der Waals surface area contributed by atoms with Crippen LogP contribution >= 0.6 is 0 Å². The summed E-state index contributed by atoms with van der Waals surface area (Å²) in [6.45, 7) is 3.88. The fourth-order valence-corrected chi connectivity index (χ4v) is 3.62. The van der Waals surface area contributed by atoms with Gasteiger partial charge in [-0.25, -0.2) is 9.97 Å². The molecule has 1 aliphatic carbocycles. The van der Waals surface area contributed by atoms with Gasteiger partial charge in [-0.2, -0.15) is 10.4 Å². The number of imidazole rings is 1. The van der Waals surface area contributed by atoms with Crippen molar-refractivity contribution in [1.29, 1.82) is 5.26 Å². The number of aryl methyl sites for hydroxylation is 1. The third-order valence-electron chi connectivity index (χ3n) is 5.81. The summed E-state index contributed by atoms with van der Waals surface area (Å²) >= 11 is 0. The van der Waals surface area contributed by atoms with Crippen molar-refractivity contribution in [3.05, 3.63) is 60.0 Å². The van der Waals surface area contributed by atoms with Crippen LogP contribution in [0.3, 0.4) is 0 Å². The average Bonchev–Trinajstić information content (AvgIpc) is 3.49. The van der Waals surface area contributed by atoms with Crippen molar-refractivity contribution in [3.8, 4) is 11.9 Å². The van der Waals surface area contributed by atoms with E-state index in [1.54, 1.807) is 18.5 Å². The highest BCUT2D eigenvalue weighted by molar-refractivity contribution is 5.99. The first-order chi connectivity index (χ1) is 16.0. The Labute approximate surface area is 190 Å². The first kappa shape index (κ1) is 20.6. The van der Waals surface area contributed by atoms with Crippen LogP contribution in [0.2, 0.25) is 0 Å². The SMILES string of the molecule is CC(=O)c1ccc(-n2cnc3cc(Nc4ccc(C)nn4)ccc32)nc1NCC1(C#N)CC1. The molecule has 164 valence electrons. The van der Waals surface area contributed by atoms with Gasteiger partial charge in [0.15, 0.2) is 11.6 Å². The van der Waals surface area contributed by atoms with Crippen LogP contribution in [-0.2, 0) is 0 Å². The number of nitrogens with one attached hydrogen (secondary N) is 2. The molecule has 0 bridgehead atoms. The monoisotopic (exact) mass is 438 g/mol. The molecule has 1 aromatic carbocycles. The molecule has 0 spiro atoms. The van der Waals surface area contributed by atoms with E-state index in [9.17, 15) is 10.1 Å². The van der Waals surface area contributed by atoms with Crippen LogP contribution < -0.4 is 10.6 Å². The molecule has 5 rings (SSSR count). The minimum Gasteiger partial charge on any atom is -0.368 e. The van der Waals surface area contributed by atoms with Crippen molar-refractivity contribution >= 4 is 34.1 Å². The molecule has 0 radical (unpaired) electrons. The molecule has 1 fully saturated rings. The Morgan fingerprint density at radius 2 is 2.03 bits per heavy atom.